The number of allylic oxidation sites excluding steroid dienone is 2. The topological polar surface area (TPSA) is 0 Å². The van der Waals surface area contributed by atoms with Gasteiger partial charge in [-0.1, -0.05) is 43.7 Å². The van der Waals surface area contributed by atoms with Crippen molar-refractivity contribution in [1.82, 2.24) is 0 Å². The Balaban J connectivity index is 2.30. The molecule has 0 amide bonds. The minimum absolute atomic E-state index is 0.245. The Morgan fingerprint density at radius 1 is 1.33 bits per heavy atom. The van der Waals surface area contributed by atoms with Gasteiger partial charge in [-0.25, -0.2) is 0 Å². The van der Waals surface area contributed by atoms with Crippen molar-refractivity contribution in [3.8, 4) is 0 Å². The summed E-state index contributed by atoms with van der Waals surface area (Å²) in [5, 5.41) is 0.245. The summed E-state index contributed by atoms with van der Waals surface area (Å²) in [5.74, 6) is 0. The summed E-state index contributed by atoms with van der Waals surface area (Å²) in [7, 11) is 0. The number of benzene rings is 1. The van der Waals surface area contributed by atoms with E-state index in [0.29, 0.717) is 0 Å². The molecule has 0 bridgehead atoms. The molecule has 0 aromatic heterocycles. The van der Waals surface area contributed by atoms with E-state index in [2.05, 4.69) is 37.3 Å². The van der Waals surface area contributed by atoms with Crippen LogP contribution in [0.15, 0.2) is 30.3 Å². The van der Waals surface area contributed by atoms with E-state index in [0.717, 1.165) is 12.8 Å². The molecule has 1 aliphatic rings. The van der Waals surface area contributed by atoms with Gasteiger partial charge in [0, 0.05) is 0 Å². The Labute approximate surface area is 97.0 Å². The van der Waals surface area contributed by atoms with Crippen molar-refractivity contribution >= 4 is 17.2 Å². The molecule has 0 radical (unpaired) electrons. The summed E-state index contributed by atoms with van der Waals surface area (Å²) in [6.45, 7) is 2.23. The molecule has 1 aromatic rings. The van der Waals surface area contributed by atoms with Crippen LogP contribution in [0.25, 0.3) is 5.57 Å². The number of hydrogen-bond acceptors (Lipinski definition) is 0. The molecule has 1 unspecified atom stereocenters. The molecule has 0 spiro atoms. The fourth-order valence-corrected chi connectivity index (χ4v) is 2.48. The van der Waals surface area contributed by atoms with Crippen LogP contribution in [0.2, 0.25) is 0 Å². The first-order chi connectivity index (χ1) is 7.31. The molecular weight excluding hydrogens is 204 g/mol. The molecule has 0 saturated heterocycles. The first-order valence-corrected chi connectivity index (χ1v) is 6.18. The fourth-order valence-electron chi connectivity index (χ4n) is 2.22. The number of hydrogen-bond donors (Lipinski definition) is 0. The maximum Gasteiger partial charge on any atom is 0.0525 e. The maximum absolute atomic E-state index is 6.11. The predicted molar refractivity (Wildman–Crippen MR) is 67.3 cm³/mol. The molecule has 0 aliphatic heterocycles. The van der Waals surface area contributed by atoms with Gasteiger partial charge in [-0.15, -0.1) is 11.6 Å². The molecule has 1 aliphatic carbocycles. The van der Waals surface area contributed by atoms with Gasteiger partial charge >= 0.3 is 0 Å². The first-order valence-electron chi connectivity index (χ1n) is 5.74. The van der Waals surface area contributed by atoms with E-state index in [4.69, 9.17) is 11.6 Å². The highest BCUT2D eigenvalue weighted by atomic mass is 35.5. The SMILES string of the molecule is CCCc1ccccc1C1=CC(Cl)CC1. The van der Waals surface area contributed by atoms with Crippen LogP contribution in [0.4, 0.5) is 0 Å². The molecule has 0 heterocycles. The van der Waals surface area contributed by atoms with Crippen molar-refractivity contribution in [3.63, 3.8) is 0 Å². The predicted octanol–water partition coefficient (Wildman–Crippen LogP) is 4.42. The summed E-state index contributed by atoms with van der Waals surface area (Å²) < 4.78 is 0. The zero-order chi connectivity index (χ0) is 10.7. The summed E-state index contributed by atoms with van der Waals surface area (Å²) >= 11 is 6.11. The third-order valence-electron chi connectivity index (χ3n) is 2.95. The molecule has 1 heteroatoms. The second-order valence-electron chi connectivity index (χ2n) is 4.15. The van der Waals surface area contributed by atoms with Crippen molar-refractivity contribution in [3.05, 3.63) is 41.5 Å². The van der Waals surface area contributed by atoms with Gasteiger partial charge in [-0.05, 0) is 36.0 Å². The van der Waals surface area contributed by atoms with Gasteiger partial charge in [0.1, 0.15) is 0 Å². The molecular formula is C14H17Cl. The van der Waals surface area contributed by atoms with Crippen LogP contribution in [0.5, 0.6) is 0 Å². The average molecular weight is 221 g/mol. The minimum Gasteiger partial charge on any atom is -0.118 e. The van der Waals surface area contributed by atoms with Crippen LogP contribution in [0, 0.1) is 0 Å². The number of rotatable bonds is 3. The summed E-state index contributed by atoms with van der Waals surface area (Å²) in [5.41, 5.74) is 4.33. The molecule has 0 N–H and O–H groups in total. The van der Waals surface area contributed by atoms with Crippen molar-refractivity contribution in [1.29, 1.82) is 0 Å². The lowest BCUT2D eigenvalue weighted by Crippen LogP contribution is -1.91. The van der Waals surface area contributed by atoms with Gasteiger partial charge in [0.25, 0.3) is 0 Å². The van der Waals surface area contributed by atoms with E-state index in [1.165, 1.54) is 29.5 Å². The van der Waals surface area contributed by atoms with Crippen LogP contribution in [-0.2, 0) is 6.42 Å². The Kier molecular flexibility index (Phi) is 3.48. The lowest BCUT2D eigenvalue weighted by Gasteiger charge is -2.09. The van der Waals surface area contributed by atoms with Crippen LogP contribution in [0.1, 0.15) is 37.3 Å². The molecule has 0 saturated carbocycles. The van der Waals surface area contributed by atoms with Crippen LogP contribution in [0.3, 0.4) is 0 Å². The highest BCUT2D eigenvalue weighted by Gasteiger charge is 2.16. The van der Waals surface area contributed by atoms with E-state index >= 15 is 0 Å². The maximum atomic E-state index is 6.11. The first kappa shape index (κ1) is 10.8. The molecule has 1 aromatic carbocycles. The lowest BCUT2D eigenvalue weighted by molar-refractivity contribution is 0.911. The number of aryl methyl sites for hydroxylation is 1. The summed E-state index contributed by atoms with van der Waals surface area (Å²) in [6, 6.07) is 8.71. The van der Waals surface area contributed by atoms with Gasteiger partial charge < -0.3 is 0 Å². The van der Waals surface area contributed by atoms with Crippen molar-refractivity contribution in [2.75, 3.05) is 0 Å². The smallest absolute Gasteiger partial charge is 0.0525 e. The monoisotopic (exact) mass is 220 g/mol. The standard InChI is InChI=1S/C14H17Cl/c1-2-5-11-6-3-4-7-14(11)12-8-9-13(15)10-12/h3-4,6-7,10,13H,2,5,8-9H2,1H3. The Bertz CT molecular complexity index is 365. The zero-order valence-corrected chi connectivity index (χ0v) is 9.93. The molecule has 0 fully saturated rings. The Morgan fingerprint density at radius 2 is 2.13 bits per heavy atom. The largest absolute Gasteiger partial charge is 0.118 e. The minimum atomic E-state index is 0.245. The molecule has 1 atom stereocenters. The van der Waals surface area contributed by atoms with Crippen molar-refractivity contribution < 1.29 is 0 Å². The quantitative estimate of drug-likeness (QED) is 0.662. The van der Waals surface area contributed by atoms with Gasteiger partial charge in [0.2, 0.25) is 0 Å². The fraction of sp³-hybridized carbons (Fsp3) is 0.429. The molecule has 15 heavy (non-hydrogen) atoms. The molecule has 80 valence electrons. The third-order valence-corrected chi connectivity index (χ3v) is 3.30. The van der Waals surface area contributed by atoms with Gasteiger partial charge in [-0.3, -0.25) is 0 Å². The number of alkyl halides is 1. The highest BCUT2D eigenvalue weighted by molar-refractivity contribution is 6.22. The Morgan fingerprint density at radius 3 is 2.80 bits per heavy atom. The summed E-state index contributed by atoms with van der Waals surface area (Å²) in [4.78, 5) is 0. The second-order valence-corrected chi connectivity index (χ2v) is 4.71. The summed E-state index contributed by atoms with van der Waals surface area (Å²) in [6.07, 6.45) is 6.82. The molecule has 0 nitrogen and oxygen atoms in total. The second kappa shape index (κ2) is 4.85. The molecule has 2 rings (SSSR count). The average Bonchev–Trinajstić information content (AvgIpc) is 2.66. The van der Waals surface area contributed by atoms with Crippen LogP contribution >= 0.6 is 11.6 Å². The number of halogens is 1. The van der Waals surface area contributed by atoms with E-state index < -0.39 is 0 Å². The van der Waals surface area contributed by atoms with Crippen LogP contribution < -0.4 is 0 Å². The lowest BCUT2D eigenvalue weighted by atomic mass is 9.96. The van der Waals surface area contributed by atoms with Gasteiger partial charge in [-0.2, -0.15) is 0 Å². The third kappa shape index (κ3) is 2.43. The van der Waals surface area contributed by atoms with E-state index in [1.807, 2.05) is 0 Å². The van der Waals surface area contributed by atoms with Gasteiger partial charge in [0.15, 0.2) is 0 Å². The van der Waals surface area contributed by atoms with Crippen molar-refractivity contribution in [2.24, 2.45) is 0 Å². The zero-order valence-electron chi connectivity index (χ0n) is 9.17. The Hall–Kier alpha value is -0.750. The van der Waals surface area contributed by atoms with E-state index in [-0.39, 0.29) is 5.38 Å². The van der Waals surface area contributed by atoms with Crippen LogP contribution in [-0.4, -0.2) is 5.38 Å². The normalized spacial score (nSPS) is 20.4. The van der Waals surface area contributed by atoms with Crippen molar-refractivity contribution in [2.45, 2.75) is 38.0 Å². The highest BCUT2D eigenvalue weighted by Crippen LogP contribution is 2.32. The van der Waals surface area contributed by atoms with E-state index in [1.54, 1.807) is 0 Å². The van der Waals surface area contributed by atoms with Gasteiger partial charge in [0.05, 0.1) is 5.38 Å². The van der Waals surface area contributed by atoms with E-state index in [9.17, 15) is 0 Å².